The van der Waals surface area contributed by atoms with E-state index in [1.54, 1.807) is 11.3 Å². The molecule has 2 aromatic rings. The zero-order valence-corrected chi connectivity index (χ0v) is 14.8. The van der Waals surface area contributed by atoms with E-state index in [0.29, 0.717) is 5.82 Å². The second-order valence-corrected chi connectivity index (χ2v) is 7.20. The van der Waals surface area contributed by atoms with Crippen LogP contribution >= 0.6 is 27.3 Å². The average Bonchev–Trinajstić information content (AvgIpc) is 2.88. The molecule has 0 atom stereocenters. The van der Waals surface area contributed by atoms with Crippen LogP contribution in [0.15, 0.2) is 9.85 Å². The third-order valence-corrected chi connectivity index (χ3v) is 4.97. The van der Waals surface area contributed by atoms with E-state index in [2.05, 4.69) is 63.9 Å². The largest absolute Gasteiger partial charge is 0.372 e. The summed E-state index contributed by atoms with van der Waals surface area (Å²) >= 11 is 5.20. The minimum atomic E-state index is 0.0533. The van der Waals surface area contributed by atoms with Gasteiger partial charge in [0.05, 0.1) is 15.2 Å². The Morgan fingerprint density at radius 2 is 1.95 bits per heavy atom. The number of aryl methyl sites for hydroxylation is 1. The molecule has 0 saturated carbocycles. The molecule has 0 aliphatic heterocycles. The van der Waals surface area contributed by atoms with E-state index in [4.69, 9.17) is 0 Å². The lowest BCUT2D eigenvalue weighted by atomic mass is 9.98. The van der Waals surface area contributed by atoms with Crippen molar-refractivity contribution < 1.29 is 0 Å². The standard InChI is InChI=1S/C14H19BrN4S/c1-6-8-10(15)12(16-5)19-11(17-8)9-7-20-13(18-9)14(2,3)4/h7H,6H2,1-5H3,(H,16,17,19). The predicted molar refractivity (Wildman–Crippen MR) is 88.5 cm³/mol. The maximum atomic E-state index is 4.68. The van der Waals surface area contributed by atoms with E-state index < -0.39 is 0 Å². The number of nitrogens with one attached hydrogen (secondary N) is 1. The summed E-state index contributed by atoms with van der Waals surface area (Å²) in [5.41, 5.74) is 1.89. The topological polar surface area (TPSA) is 50.7 Å². The van der Waals surface area contributed by atoms with Gasteiger partial charge in [-0.15, -0.1) is 11.3 Å². The van der Waals surface area contributed by atoms with E-state index in [-0.39, 0.29) is 5.41 Å². The van der Waals surface area contributed by atoms with Crippen molar-refractivity contribution in [3.8, 4) is 11.5 Å². The highest BCUT2D eigenvalue weighted by atomic mass is 79.9. The van der Waals surface area contributed by atoms with Crippen molar-refractivity contribution in [2.75, 3.05) is 12.4 Å². The number of halogens is 1. The second-order valence-electron chi connectivity index (χ2n) is 5.55. The molecule has 0 radical (unpaired) electrons. The van der Waals surface area contributed by atoms with Crippen molar-refractivity contribution >= 4 is 33.1 Å². The Labute approximate surface area is 132 Å². The van der Waals surface area contributed by atoms with Gasteiger partial charge in [-0.25, -0.2) is 15.0 Å². The van der Waals surface area contributed by atoms with Crippen LogP contribution in [-0.2, 0) is 11.8 Å². The molecule has 0 aliphatic rings. The maximum absolute atomic E-state index is 4.68. The van der Waals surface area contributed by atoms with Crippen LogP contribution in [0.4, 0.5) is 5.82 Å². The summed E-state index contributed by atoms with van der Waals surface area (Å²) in [4.78, 5) is 13.8. The number of rotatable bonds is 3. The molecule has 2 heterocycles. The molecule has 0 aliphatic carbocycles. The summed E-state index contributed by atoms with van der Waals surface area (Å²) in [6.07, 6.45) is 0.848. The minimum absolute atomic E-state index is 0.0533. The molecule has 20 heavy (non-hydrogen) atoms. The molecule has 0 aromatic carbocycles. The SMILES string of the molecule is CCc1nc(-c2csc(C(C)(C)C)n2)nc(NC)c1Br. The lowest BCUT2D eigenvalue weighted by molar-refractivity contribution is 0.586. The lowest BCUT2D eigenvalue weighted by Gasteiger charge is -2.13. The molecule has 108 valence electrons. The zero-order chi connectivity index (χ0) is 14.9. The molecular formula is C14H19BrN4S. The molecule has 0 amide bonds. The summed E-state index contributed by atoms with van der Waals surface area (Å²) in [5.74, 6) is 1.48. The van der Waals surface area contributed by atoms with E-state index in [0.717, 1.165) is 33.1 Å². The highest BCUT2D eigenvalue weighted by Gasteiger charge is 2.20. The third kappa shape index (κ3) is 3.01. The van der Waals surface area contributed by atoms with Gasteiger partial charge in [0.25, 0.3) is 0 Å². The smallest absolute Gasteiger partial charge is 0.181 e. The highest BCUT2D eigenvalue weighted by Crippen LogP contribution is 2.31. The first-order valence-corrected chi connectivity index (χ1v) is 8.24. The number of hydrogen-bond acceptors (Lipinski definition) is 5. The molecule has 0 saturated heterocycles. The molecular weight excluding hydrogens is 336 g/mol. The normalized spacial score (nSPS) is 11.7. The van der Waals surface area contributed by atoms with Crippen LogP contribution in [-0.4, -0.2) is 22.0 Å². The molecule has 4 nitrogen and oxygen atoms in total. The Kier molecular flexibility index (Phi) is 4.44. The van der Waals surface area contributed by atoms with Crippen molar-refractivity contribution in [2.24, 2.45) is 0 Å². The number of hydrogen-bond donors (Lipinski definition) is 1. The van der Waals surface area contributed by atoms with Crippen LogP contribution in [0.3, 0.4) is 0 Å². The molecule has 6 heteroatoms. The van der Waals surface area contributed by atoms with Crippen molar-refractivity contribution in [1.29, 1.82) is 0 Å². The quantitative estimate of drug-likeness (QED) is 0.894. The first kappa shape index (κ1) is 15.4. The monoisotopic (exact) mass is 354 g/mol. The summed E-state index contributed by atoms with van der Waals surface area (Å²) in [5, 5.41) is 6.23. The van der Waals surface area contributed by atoms with Gasteiger partial charge in [-0.1, -0.05) is 27.7 Å². The Balaban J connectivity index is 2.50. The summed E-state index contributed by atoms with van der Waals surface area (Å²) in [7, 11) is 1.86. The van der Waals surface area contributed by atoms with Gasteiger partial charge in [-0.3, -0.25) is 0 Å². The fourth-order valence-corrected chi connectivity index (χ4v) is 3.27. The van der Waals surface area contributed by atoms with Crippen LogP contribution in [0.5, 0.6) is 0 Å². The summed E-state index contributed by atoms with van der Waals surface area (Å²) in [6.45, 7) is 8.57. The van der Waals surface area contributed by atoms with Gasteiger partial charge in [0, 0.05) is 17.8 Å². The van der Waals surface area contributed by atoms with Crippen LogP contribution in [0.25, 0.3) is 11.5 Å². The van der Waals surface area contributed by atoms with Gasteiger partial charge in [0.1, 0.15) is 11.5 Å². The average molecular weight is 355 g/mol. The predicted octanol–water partition coefficient (Wildman–Crippen LogP) is 4.26. The van der Waals surface area contributed by atoms with Crippen molar-refractivity contribution in [3.05, 3.63) is 20.6 Å². The van der Waals surface area contributed by atoms with Gasteiger partial charge in [-0.2, -0.15) is 0 Å². The number of thiazole rings is 1. The summed E-state index contributed by atoms with van der Waals surface area (Å²) < 4.78 is 0.928. The van der Waals surface area contributed by atoms with Gasteiger partial charge in [0.15, 0.2) is 5.82 Å². The first-order valence-electron chi connectivity index (χ1n) is 6.57. The Hall–Kier alpha value is -1.01. The number of nitrogens with zero attached hydrogens (tertiary/aromatic N) is 3. The molecule has 0 bridgehead atoms. The Morgan fingerprint density at radius 3 is 2.45 bits per heavy atom. The van der Waals surface area contributed by atoms with Gasteiger partial charge in [-0.05, 0) is 22.4 Å². The number of aromatic nitrogens is 3. The molecule has 0 unspecified atom stereocenters. The molecule has 2 aromatic heterocycles. The fourth-order valence-electron chi connectivity index (χ4n) is 1.73. The fraction of sp³-hybridized carbons (Fsp3) is 0.500. The number of anilines is 1. The Morgan fingerprint density at radius 1 is 1.25 bits per heavy atom. The third-order valence-electron chi connectivity index (χ3n) is 2.87. The van der Waals surface area contributed by atoms with Crippen LogP contribution < -0.4 is 5.32 Å². The minimum Gasteiger partial charge on any atom is -0.372 e. The van der Waals surface area contributed by atoms with Gasteiger partial charge < -0.3 is 5.32 Å². The first-order chi connectivity index (χ1) is 9.36. The van der Waals surface area contributed by atoms with Crippen LogP contribution in [0, 0.1) is 0 Å². The molecule has 0 fully saturated rings. The molecule has 0 spiro atoms. The van der Waals surface area contributed by atoms with Crippen LogP contribution in [0.1, 0.15) is 38.4 Å². The second kappa shape index (κ2) is 5.77. The lowest BCUT2D eigenvalue weighted by Crippen LogP contribution is -2.10. The molecule has 2 rings (SSSR count). The van der Waals surface area contributed by atoms with Crippen molar-refractivity contribution in [2.45, 2.75) is 39.5 Å². The van der Waals surface area contributed by atoms with E-state index in [1.165, 1.54) is 0 Å². The van der Waals surface area contributed by atoms with Gasteiger partial charge in [0.2, 0.25) is 0 Å². The highest BCUT2D eigenvalue weighted by molar-refractivity contribution is 9.10. The molecule has 1 N–H and O–H groups in total. The van der Waals surface area contributed by atoms with Crippen molar-refractivity contribution in [1.82, 2.24) is 15.0 Å². The van der Waals surface area contributed by atoms with E-state index in [1.807, 2.05) is 12.4 Å². The zero-order valence-electron chi connectivity index (χ0n) is 12.4. The maximum Gasteiger partial charge on any atom is 0.181 e. The van der Waals surface area contributed by atoms with Crippen LogP contribution in [0.2, 0.25) is 0 Å². The summed E-state index contributed by atoms with van der Waals surface area (Å²) in [6, 6.07) is 0. The van der Waals surface area contributed by atoms with Crippen molar-refractivity contribution in [3.63, 3.8) is 0 Å². The van der Waals surface area contributed by atoms with Gasteiger partial charge >= 0.3 is 0 Å². The van der Waals surface area contributed by atoms with E-state index in [9.17, 15) is 0 Å². The Bertz CT molecular complexity index is 591. The van der Waals surface area contributed by atoms with E-state index >= 15 is 0 Å².